The standard InChI is InChI=1S/C23H20N2O4/c1-23(19-12-6-9-16-8-3-4-11-18(16)19)21(27)25(22(28)24-23)14-15-7-5-10-17(13-15)20(26)29-2/h3-13H,14H2,1-2H3,(H,24,28)/t23-/m1/s1. The van der Waals surface area contributed by atoms with Gasteiger partial charge in [-0.1, -0.05) is 54.6 Å². The van der Waals surface area contributed by atoms with Crippen LogP contribution in [0.2, 0.25) is 0 Å². The first-order valence-corrected chi connectivity index (χ1v) is 9.23. The zero-order valence-corrected chi connectivity index (χ0v) is 16.1. The Hall–Kier alpha value is -3.67. The first-order valence-electron chi connectivity index (χ1n) is 9.23. The maximum Gasteiger partial charge on any atom is 0.337 e. The van der Waals surface area contributed by atoms with Crippen LogP contribution in [-0.4, -0.2) is 29.9 Å². The maximum atomic E-state index is 13.3. The highest BCUT2D eigenvalue weighted by Crippen LogP contribution is 2.34. The number of fused-ring (bicyclic) bond motifs is 1. The van der Waals surface area contributed by atoms with Gasteiger partial charge in [0.05, 0.1) is 19.2 Å². The van der Waals surface area contributed by atoms with Gasteiger partial charge >= 0.3 is 12.0 Å². The highest BCUT2D eigenvalue weighted by atomic mass is 16.5. The van der Waals surface area contributed by atoms with E-state index in [1.165, 1.54) is 12.0 Å². The predicted octanol–water partition coefficient (Wildman–Crippen LogP) is 3.59. The van der Waals surface area contributed by atoms with Crippen LogP contribution in [0.3, 0.4) is 0 Å². The van der Waals surface area contributed by atoms with Gasteiger partial charge in [-0.25, -0.2) is 9.59 Å². The number of carbonyl (C=O) groups is 3. The van der Waals surface area contributed by atoms with Crippen LogP contribution in [0, 0.1) is 0 Å². The number of ether oxygens (including phenoxy) is 1. The minimum Gasteiger partial charge on any atom is -0.465 e. The number of amides is 3. The first kappa shape index (κ1) is 18.7. The van der Waals surface area contributed by atoms with E-state index in [9.17, 15) is 14.4 Å². The summed E-state index contributed by atoms with van der Waals surface area (Å²) in [4.78, 5) is 38.9. The first-order chi connectivity index (χ1) is 13.9. The molecule has 3 amide bonds. The number of esters is 1. The lowest BCUT2D eigenvalue weighted by Gasteiger charge is -2.24. The second kappa shape index (κ2) is 7.05. The van der Waals surface area contributed by atoms with Crippen molar-refractivity contribution in [1.29, 1.82) is 0 Å². The van der Waals surface area contributed by atoms with E-state index in [2.05, 4.69) is 5.32 Å². The van der Waals surface area contributed by atoms with Gasteiger partial charge in [0.25, 0.3) is 5.91 Å². The Morgan fingerprint density at radius 3 is 2.55 bits per heavy atom. The van der Waals surface area contributed by atoms with Gasteiger partial charge in [-0.05, 0) is 41.0 Å². The second-order valence-electron chi connectivity index (χ2n) is 7.17. The Morgan fingerprint density at radius 2 is 1.76 bits per heavy atom. The molecule has 3 aromatic carbocycles. The predicted molar refractivity (Wildman–Crippen MR) is 108 cm³/mol. The monoisotopic (exact) mass is 388 g/mol. The SMILES string of the molecule is COC(=O)c1cccc(CN2C(=O)N[C@](C)(c3cccc4ccccc34)C2=O)c1. The van der Waals surface area contributed by atoms with Gasteiger partial charge in [0.1, 0.15) is 5.54 Å². The van der Waals surface area contributed by atoms with Crippen molar-refractivity contribution in [2.75, 3.05) is 7.11 Å². The average molecular weight is 388 g/mol. The van der Waals surface area contributed by atoms with Crippen LogP contribution >= 0.6 is 0 Å². The van der Waals surface area contributed by atoms with Crippen molar-refractivity contribution in [3.63, 3.8) is 0 Å². The number of carbonyl (C=O) groups excluding carboxylic acids is 3. The third kappa shape index (κ3) is 3.12. The summed E-state index contributed by atoms with van der Waals surface area (Å²) in [6.45, 7) is 1.79. The highest BCUT2D eigenvalue weighted by molar-refractivity contribution is 6.09. The molecule has 1 aliphatic rings. The molecular weight excluding hydrogens is 368 g/mol. The Bertz CT molecular complexity index is 1140. The van der Waals surface area contributed by atoms with E-state index in [0.717, 1.165) is 16.3 Å². The highest BCUT2D eigenvalue weighted by Gasteiger charge is 2.49. The number of nitrogens with one attached hydrogen (secondary N) is 1. The number of rotatable bonds is 4. The smallest absolute Gasteiger partial charge is 0.337 e. The van der Waals surface area contributed by atoms with Crippen LogP contribution in [0.15, 0.2) is 66.7 Å². The Labute approximate surface area is 168 Å². The third-order valence-electron chi connectivity index (χ3n) is 5.29. The second-order valence-corrected chi connectivity index (χ2v) is 7.17. The van der Waals surface area contributed by atoms with Crippen molar-refractivity contribution in [2.45, 2.75) is 19.0 Å². The van der Waals surface area contributed by atoms with Crippen molar-refractivity contribution in [2.24, 2.45) is 0 Å². The van der Waals surface area contributed by atoms with Crippen molar-refractivity contribution in [1.82, 2.24) is 10.2 Å². The summed E-state index contributed by atoms with van der Waals surface area (Å²) < 4.78 is 4.74. The fourth-order valence-corrected chi connectivity index (χ4v) is 3.78. The molecule has 6 nitrogen and oxygen atoms in total. The van der Waals surface area contributed by atoms with E-state index < -0.39 is 17.5 Å². The molecule has 1 aliphatic heterocycles. The number of methoxy groups -OCH3 is 1. The van der Waals surface area contributed by atoms with Crippen LogP contribution in [0.4, 0.5) is 4.79 Å². The summed E-state index contributed by atoms with van der Waals surface area (Å²) in [5.41, 5.74) is 0.616. The summed E-state index contributed by atoms with van der Waals surface area (Å²) in [6, 6.07) is 19.7. The van der Waals surface area contributed by atoms with Gasteiger partial charge in [-0.3, -0.25) is 9.69 Å². The van der Waals surface area contributed by atoms with Gasteiger partial charge in [-0.2, -0.15) is 0 Å². The normalized spacial score (nSPS) is 18.8. The summed E-state index contributed by atoms with van der Waals surface area (Å²) in [6.07, 6.45) is 0. The van der Waals surface area contributed by atoms with E-state index in [4.69, 9.17) is 4.74 Å². The van der Waals surface area contributed by atoms with Gasteiger partial charge in [-0.15, -0.1) is 0 Å². The topological polar surface area (TPSA) is 75.7 Å². The van der Waals surface area contributed by atoms with Crippen molar-refractivity contribution >= 4 is 28.7 Å². The van der Waals surface area contributed by atoms with E-state index in [-0.39, 0.29) is 12.5 Å². The largest absolute Gasteiger partial charge is 0.465 e. The van der Waals surface area contributed by atoms with Gasteiger partial charge in [0.15, 0.2) is 0 Å². The van der Waals surface area contributed by atoms with Crippen LogP contribution < -0.4 is 5.32 Å². The molecule has 146 valence electrons. The summed E-state index contributed by atoms with van der Waals surface area (Å²) in [7, 11) is 1.31. The molecule has 1 fully saturated rings. The van der Waals surface area contributed by atoms with Crippen molar-refractivity contribution in [3.05, 3.63) is 83.4 Å². The van der Waals surface area contributed by atoms with Gasteiger partial charge in [0, 0.05) is 0 Å². The third-order valence-corrected chi connectivity index (χ3v) is 5.29. The molecule has 4 rings (SSSR count). The van der Waals surface area contributed by atoms with Crippen molar-refractivity contribution in [3.8, 4) is 0 Å². The number of nitrogens with zero attached hydrogens (tertiary/aromatic N) is 1. The van der Waals surface area contributed by atoms with Gasteiger partial charge in [0.2, 0.25) is 0 Å². The minimum absolute atomic E-state index is 0.0653. The van der Waals surface area contributed by atoms with Crippen LogP contribution in [0.25, 0.3) is 10.8 Å². The molecule has 1 N–H and O–H groups in total. The Morgan fingerprint density at radius 1 is 1.03 bits per heavy atom. The minimum atomic E-state index is -1.17. The van der Waals surface area contributed by atoms with E-state index in [1.807, 2.05) is 42.5 Å². The Kier molecular flexibility index (Phi) is 4.54. The number of imide groups is 1. The quantitative estimate of drug-likeness (QED) is 0.547. The molecule has 0 spiro atoms. The molecule has 0 unspecified atom stereocenters. The fourth-order valence-electron chi connectivity index (χ4n) is 3.78. The molecule has 1 saturated heterocycles. The number of hydrogen-bond acceptors (Lipinski definition) is 4. The van der Waals surface area contributed by atoms with Gasteiger partial charge < -0.3 is 10.1 Å². The molecule has 0 aliphatic carbocycles. The van der Waals surface area contributed by atoms with E-state index in [1.54, 1.807) is 31.2 Å². The molecule has 1 atom stereocenters. The molecule has 0 radical (unpaired) electrons. The molecule has 6 heteroatoms. The van der Waals surface area contributed by atoms with E-state index >= 15 is 0 Å². The molecule has 1 heterocycles. The maximum absolute atomic E-state index is 13.3. The zero-order chi connectivity index (χ0) is 20.6. The number of benzene rings is 3. The van der Waals surface area contributed by atoms with Crippen LogP contribution in [-0.2, 0) is 21.6 Å². The lowest BCUT2D eigenvalue weighted by molar-refractivity contribution is -0.131. The van der Waals surface area contributed by atoms with Crippen molar-refractivity contribution < 1.29 is 19.1 Å². The average Bonchev–Trinajstić information content (AvgIpc) is 2.96. The summed E-state index contributed by atoms with van der Waals surface area (Å²) in [5.74, 6) is -0.799. The molecule has 3 aromatic rings. The number of urea groups is 1. The molecular formula is C23H20N2O4. The zero-order valence-electron chi connectivity index (χ0n) is 16.1. The van der Waals surface area contributed by atoms with Crippen LogP contribution in [0.5, 0.6) is 0 Å². The molecule has 29 heavy (non-hydrogen) atoms. The summed E-state index contributed by atoms with van der Waals surface area (Å²) >= 11 is 0. The summed E-state index contributed by atoms with van der Waals surface area (Å²) in [5, 5.41) is 4.77. The molecule has 0 aromatic heterocycles. The fraction of sp³-hybridized carbons (Fsp3) is 0.174. The van der Waals surface area contributed by atoms with Crippen LogP contribution in [0.1, 0.15) is 28.4 Å². The molecule has 0 saturated carbocycles. The Balaban J connectivity index is 1.68. The molecule has 0 bridgehead atoms. The van der Waals surface area contributed by atoms with E-state index in [0.29, 0.717) is 11.1 Å². The number of hydrogen-bond donors (Lipinski definition) is 1. The lowest BCUT2D eigenvalue weighted by atomic mass is 9.88. The lowest BCUT2D eigenvalue weighted by Crippen LogP contribution is -2.41.